The lowest BCUT2D eigenvalue weighted by Gasteiger charge is -1.94. The van der Waals surface area contributed by atoms with Crippen molar-refractivity contribution in [3.05, 3.63) is 24.3 Å². The smallest absolute Gasteiger partial charge is 0.475 e. The van der Waals surface area contributed by atoms with Crippen molar-refractivity contribution < 1.29 is 23.1 Å². The summed E-state index contributed by atoms with van der Waals surface area (Å²) in [5.74, 6) is -2.14. The van der Waals surface area contributed by atoms with Crippen LogP contribution < -0.4 is 5.73 Å². The highest BCUT2D eigenvalue weighted by atomic mass is 19.4. The number of rotatable bonds is 1. The van der Waals surface area contributed by atoms with Crippen molar-refractivity contribution in [2.75, 3.05) is 5.73 Å². The second kappa shape index (κ2) is 5.99. The molecule has 3 N–H and O–H groups in total. The topological polar surface area (TPSA) is 107 Å². The Bertz CT molecular complexity index is 579. The molecule has 0 aliphatic rings. The Morgan fingerprint density at radius 2 is 1.80 bits per heavy atom. The van der Waals surface area contributed by atoms with Crippen LogP contribution in [0.3, 0.4) is 0 Å². The van der Waals surface area contributed by atoms with Crippen molar-refractivity contribution in [3.63, 3.8) is 0 Å². The van der Waals surface area contributed by atoms with Crippen LogP contribution in [0.5, 0.6) is 0 Å². The van der Waals surface area contributed by atoms with Crippen molar-refractivity contribution in [2.24, 2.45) is 7.05 Å². The Balaban J connectivity index is 0.000000246. The monoisotopic (exact) mass is 289 g/mol. The first-order chi connectivity index (χ1) is 9.20. The highest BCUT2D eigenvalue weighted by Crippen LogP contribution is 2.14. The molecule has 2 rings (SSSR count). The van der Waals surface area contributed by atoms with Crippen molar-refractivity contribution in [1.82, 2.24) is 20.2 Å². The molecular weight excluding hydrogens is 279 g/mol. The van der Waals surface area contributed by atoms with Gasteiger partial charge >= 0.3 is 12.1 Å². The van der Waals surface area contributed by atoms with E-state index < -0.39 is 12.1 Å². The zero-order valence-corrected chi connectivity index (χ0v) is 10.2. The molecule has 0 saturated carbocycles. The van der Waals surface area contributed by atoms with Gasteiger partial charge in [0.05, 0.1) is 7.05 Å². The zero-order chi connectivity index (χ0) is 15.3. The molecule has 0 fully saturated rings. The van der Waals surface area contributed by atoms with Crippen LogP contribution in [0.25, 0.3) is 11.4 Å². The van der Waals surface area contributed by atoms with E-state index in [9.17, 15) is 13.2 Å². The number of halogens is 3. The number of aryl methyl sites for hydroxylation is 1. The van der Waals surface area contributed by atoms with E-state index in [0.29, 0.717) is 5.82 Å². The number of hydrogen-bond donors (Lipinski definition) is 2. The highest BCUT2D eigenvalue weighted by molar-refractivity contribution is 5.73. The van der Waals surface area contributed by atoms with Gasteiger partial charge in [-0.1, -0.05) is 0 Å². The van der Waals surface area contributed by atoms with Gasteiger partial charge in [0.25, 0.3) is 0 Å². The number of alkyl halides is 3. The van der Waals surface area contributed by atoms with Gasteiger partial charge in [0, 0.05) is 11.3 Å². The van der Waals surface area contributed by atoms with Crippen LogP contribution >= 0.6 is 0 Å². The molecular formula is C10H10F3N5O2. The van der Waals surface area contributed by atoms with Gasteiger partial charge < -0.3 is 10.8 Å². The molecule has 20 heavy (non-hydrogen) atoms. The maximum Gasteiger partial charge on any atom is 0.490 e. The number of nitrogen functional groups attached to an aromatic ring is 1. The number of aromatic nitrogens is 4. The average Bonchev–Trinajstić information content (AvgIpc) is 2.76. The molecule has 0 aliphatic carbocycles. The molecule has 10 heteroatoms. The number of carboxylic acids is 1. The lowest BCUT2D eigenvalue weighted by atomic mass is 10.2. The first-order valence-corrected chi connectivity index (χ1v) is 5.10. The first kappa shape index (κ1) is 15.4. The van der Waals surface area contributed by atoms with E-state index in [1.165, 1.54) is 4.80 Å². The summed E-state index contributed by atoms with van der Waals surface area (Å²) in [6.07, 6.45) is -5.08. The minimum atomic E-state index is -5.08. The minimum Gasteiger partial charge on any atom is -0.475 e. The van der Waals surface area contributed by atoms with Gasteiger partial charge in [-0.2, -0.15) is 18.0 Å². The third kappa shape index (κ3) is 4.55. The molecule has 0 amide bonds. The van der Waals surface area contributed by atoms with Crippen LogP contribution in [0, 0.1) is 0 Å². The standard InChI is InChI=1S/C8H9N5.C2HF3O2/c1-13-11-8(10-12-13)6-2-4-7(9)5-3-6;3-2(4,5)1(6)7/h2-5H,9H2,1H3;(H,6,7). The normalized spacial score (nSPS) is 10.6. The lowest BCUT2D eigenvalue weighted by Crippen LogP contribution is -2.21. The molecule has 0 saturated heterocycles. The van der Waals surface area contributed by atoms with Gasteiger partial charge in [0.2, 0.25) is 5.82 Å². The summed E-state index contributed by atoms with van der Waals surface area (Å²) < 4.78 is 31.7. The number of anilines is 1. The number of hydrogen-bond acceptors (Lipinski definition) is 5. The fourth-order valence-electron chi connectivity index (χ4n) is 1.03. The van der Waals surface area contributed by atoms with Gasteiger partial charge in [0.15, 0.2) is 0 Å². The third-order valence-corrected chi connectivity index (χ3v) is 1.92. The Kier molecular flexibility index (Phi) is 4.62. The Morgan fingerprint density at radius 1 is 1.30 bits per heavy atom. The molecule has 0 aliphatic heterocycles. The van der Waals surface area contributed by atoms with Gasteiger partial charge in [-0.05, 0) is 29.5 Å². The quantitative estimate of drug-likeness (QED) is 0.761. The fraction of sp³-hybridized carbons (Fsp3) is 0.200. The number of carboxylic acid groups (broad SMARTS) is 1. The maximum absolute atomic E-state index is 10.6. The van der Waals surface area contributed by atoms with E-state index in [-0.39, 0.29) is 0 Å². The number of benzene rings is 1. The van der Waals surface area contributed by atoms with E-state index in [1.54, 1.807) is 7.05 Å². The summed E-state index contributed by atoms with van der Waals surface area (Å²) >= 11 is 0. The Morgan fingerprint density at radius 3 is 2.15 bits per heavy atom. The van der Waals surface area contributed by atoms with E-state index in [0.717, 1.165) is 11.3 Å². The molecule has 0 bridgehead atoms. The largest absolute Gasteiger partial charge is 0.490 e. The summed E-state index contributed by atoms with van der Waals surface area (Å²) in [5, 5.41) is 18.8. The minimum absolute atomic E-state index is 0.613. The fourth-order valence-corrected chi connectivity index (χ4v) is 1.03. The van der Waals surface area contributed by atoms with E-state index in [2.05, 4.69) is 15.4 Å². The molecule has 0 unspecified atom stereocenters. The van der Waals surface area contributed by atoms with Gasteiger partial charge in [-0.25, -0.2) is 4.79 Å². The van der Waals surface area contributed by atoms with Gasteiger partial charge in [-0.15, -0.1) is 10.2 Å². The predicted octanol–water partition coefficient (Wildman–Crippen LogP) is 1.09. The number of nitrogens with zero attached hydrogens (tertiary/aromatic N) is 4. The van der Waals surface area contributed by atoms with Crippen molar-refractivity contribution in [1.29, 1.82) is 0 Å². The molecule has 2 aromatic rings. The SMILES string of the molecule is Cn1nnc(-c2ccc(N)cc2)n1.O=C(O)C(F)(F)F. The van der Waals surface area contributed by atoms with Crippen LogP contribution in [0.4, 0.5) is 18.9 Å². The average molecular weight is 289 g/mol. The second-order valence-corrected chi connectivity index (χ2v) is 3.53. The van der Waals surface area contributed by atoms with E-state index in [4.69, 9.17) is 15.6 Å². The first-order valence-electron chi connectivity index (χ1n) is 5.10. The molecule has 1 aromatic heterocycles. The lowest BCUT2D eigenvalue weighted by molar-refractivity contribution is -0.192. The highest BCUT2D eigenvalue weighted by Gasteiger charge is 2.38. The number of nitrogens with two attached hydrogens (primary N) is 1. The van der Waals surface area contributed by atoms with Crippen LogP contribution in [0.2, 0.25) is 0 Å². The Labute approximate surface area is 110 Å². The summed E-state index contributed by atoms with van der Waals surface area (Å²) in [5.41, 5.74) is 7.20. The molecule has 0 atom stereocenters. The van der Waals surface area contributed by atoms with Crippen molar-refractivity contribution >= 4 is 11.7 Å². The number of tetrazole rings is 1. The van der Waals surface area contributed by atoms with Crippen molar-refractivity contribution in [3.8, 4) is 11.4 Å². The predicted molar refractivity (Wildman–Crippen MR) is 62.3 cm³/mol. The molecule has 7 nitrogen and oxygen atoms in total. The van der Waals surface area contributed by atoms with Crippen LogP contribution in [0.1, 0.15) is 0 Å². The number of carbonyl (C=O) groups is 1. The summed E-state index contributed by atoms with van der Waals surface area (Å²) in [7, 11) is 1.73. The second-order valence-electron chi connectivity index (χ2n) is 3.53. The van der Waals surface area contributed by atoms with E-state index >= 15 is 0 Å². The van der Waals surface area contributed by atoms with Crippen molar-refractivity contribution in [2.45, 2.75) is 6.18 Å². The molecule has 108 valence electrons. The third-order valence-electron chi connectivity index (χ3n) is 1.92. The molecule has 1 aromatic carbocycles. The molecule has 1 heterocycles. The van der Waals surface area contributed by atoms with E-state index in [1.807, 2.05) is 24.3 Å². The summed E-state index contributed by atoms with van der Waals surface area (Å²) in [6.45, 7) is 0. The van der Waals surface area contributed by atoms with Crippen LogP contribution in [0.15, 0.2) is 24.3 Å². The van der Waals surface area contributed by atoms with Gasteiger partial charge in [0.1, 0.15) is 0 Å². The summed E-state index contributed by atoms with van der Waals surface area (Å²) in [6, 6.07) is 7.36. The van der Waals surface area contributed by atoms with Gasteiger partial charge in [-0.3, -0.25) is 0 Å². The van der Waals surface area contributed by atoms with Crippen LogP contribution in [-0.4, -0.2) is 37.5 Å². The van der Waals surface area contributed by atoms with Crippen LogP contribution in [-0.2, 0) is 11.8 Å². The molecule has 0 radical (unpaired) electrons. The zero-order valence-electron chi connectivity index (χ0n) is 10.2. The summed E-state index contributed by atoms with van der Waals surface area (Å²) in [4.78, 5) is 10.3. The number of aliphatic carboxylic acids is 1. The Hall–Kier alpha value is -2.65. The maximum atomic E-state index is 10.6. The molecule has 0 spiro atoms.